The van der Waals surface area contributed by atoms with Gasteiger partial charge in [0.25, 0.3) is 17.5 Å². The quantitative estimate of drug-likeness (QED) is 0.213. The number of halogens is 1. The molecule has 10 heteroatoms. The minimum Gasteiger partial charge on any atom is -0.497 e. The predicted octanol–water partition coefficient (Wildman–Crippen LogP) is 4.62. The minimum absolute atomic E-state index is 0.0247. The summed E-state index contributed by atoms with van der Waals surface area (Å²) in [5.74, 6) is -1.15. The number of amides is 4. The maximum atomic E-state index is 13.3. The van der Waals surface area contributed by atoms with Crippen molar-refractivity contribution in [3.8, 4) is 5.75 Å². The van der Waals surface area contributed by atoms with E-state index in [1.807, 2.05) is 24.3 Å². The molecule has 1 saturated heterocycles. The summed E-state index contributed by atoms with van der Waals surface area (Å²) in [4.78, 5) is 49.6. The van der Waals surface area contributed by atoms with E-state index in [1.165, 1.54) is 31.4 Å². The number of benzene rings is 3. The number of rotatable bonds is 6. The van der Waals surface area contributed by atoms with Gasteiger partial charge in [0.1, 0.15) is 11.3 Å². The van der Waals surface area contributed by atoms with E-state index in [1.54, 1.807) is 18.2 Å². The van der Waals surface area contributed by atoms with Crippen LogP contribution in [0.2, 0.25) is 0 Å². The van der Waals surface area contributed by atoms with Gasteiger partial charge in [0.05, 0.1) is 17.7 Å². The molecule has 35 heavy (non-hydrogen) atoms. The second-order valence-electron chi connectivity index (χ2n) is 7.57. The molecule has 0 saturated carbocycles. The number of anilines is 1. The summed E-state index contributed by atoms with van der Waals surface area (Å²) in [6, 6.07) is 17.0. The van der Waals surface area contributed by atoms with Crippen molar-refractivity contribution in [1.82, 2.24) is 5.32 Å². The highest BCUT2D eigenvalue weighted by Gasteiger charge is 2.37. The Labute approximate surface area is 208 Å². The van der Waals surface area contributed by atoms with Gasteiger partial charge >= 0.3 is 6.03 Å². The lowest BCUT2D eigenvalue weighted by Gasteiger charge is -2.26. The molecule has 1 aliphatic rings. The van der Waals surface area contributed by atoms with Crippen molar-refractivity contribution in [1.29, 1.82) is 0 Å². The Morgan fingerprint density at radius 2 is 1.80 bits per heavy atom. The molecule has 1 aliphatic heterocycles. The fourth-order valence-corrected chi connectivity index (χ4v) is 4.07. The van der Waals surface area contributed by atoms with E-state index >= 15 is 0 Å². The standard InChI is InChI=1S/C25H18BrN3O6/c1-35-20-10-9-15(17(12-20)11-16-5-2-3-8-22(16)26)13-21-23(30)27-25(32)28(24(21)31)18-6-4-7-19(14-18)29(33)34/h2-10,12-14H,11H2,1H3,(H,27,30,32)/b21-13+. The topological polar surface area (TPSA) is 119 Å². The van der Waals surface area contributed by atoms with Crippen molar-refractivity contribution in [3.63, 3.8) is 0 Å². The molecular formula is C25H18BrN3O6. The van der Waals surface area contributed by atoms with Gasteiger partial charge < -0.3 is 4.74 Å². The molecule has 0 aliphatic carbocycles. The second kappa shape index (κ2) is 9.90. The average molecular weight is 536 g/mol. The number of carbonyl (C=O) groups is 3. The number of ether oxygens (including phenoxy) is 1. The van der Waals surface area contributed by atoms with E-state index in [-0.39, 0.29) is 16.9 Å². The van der Waals surface area contributed by atoms with Crippen LogP contribution in [0.4, 0.5) is 16.2 Å². The van der Waals surface area contributed by atoms with E-state index in [2.05, 4.69) is 21.2 Å². The van der Waals surface area contributed by atoms with Crippen molar-refractivity contribution in [2.45, 2.75) is 6.42 Å². The summed E-state index contributed by atoms with van der Waals surface area (Å²) in [7, 11) is 1.54. The number of nitrogens with zero attached hydrogens (tertiary/aromatic N) is 2. The number of nitro benzene ring substituents is 1. The lowest BCUT2D eigenvalue weighted by Crippen LogP contribution is -2.54. The molecule has 0 atom stereocenters. The Balaban J connectivity index is 1.76. The number of non-ortho nitro benzene ring substituents is 1. The van der Waals surface area contributed by atoms with E-state index in [0.717, 1.165) is 21.7 Å². The van der Waals surface area contributed by atoms with Gasteiger partial charge in [0.2, 0.25) is 0 Å². The zero-order valence-electron chi connectivity index (χ0n) is 18.4. The molecule has 176 valence electrons. The van der Waals surface area contributed by atoms with Gasteiger partial charge in [0, 0.05) is 16.6 Å². The number of nitrogens with one attached hydrogen (secondary N) is 1. The number of barbiturate groups is 1. The van der Waals surface area contributed by atoms with Crippen LogP contribution in [0.1, 0.15) is 16.7 Å². The highest BCUT2D eigenvalue weighted by Crippen LogP contribution is 2.29. The van der Waals surface area contributed by atoms with Crippen LogP contribution in [0.25, 0.3) is 6.08 Å². The first kappa shape index (κ1) is 23.8. The first-order valence-corrected chi connectivity index (χ1v) is 11.1. The highest BCUT2D eigenvalue weighted by molar-refractivity contribution is 9.10. The molecule has 1 fully saturated rings. The number of hydrogen-bond donors (Lipinski definition) is 1. The Bertz CT molecular complexity index is 1400. The third kappa shape index (κ3) is 4.97. The molecule has 3 aromatic carbocycles. The average Bonchev–Trinajstić information content (AvgIpc) is 2.84. The highest BCUT2D eigenvalue weighted by atomic mass is 79.9. The molecule has 0 unspecified atom stereocenters. The smallest absolute Gasteiger partial charge is 0.335 e. The van der Waals surface area contributed by atoms with Crippen LogP contribution in [0.15, 0.2) is 76.8 Å². The van der Waals surface area contributed by atoms with Gasteiger partial charge in [-0.25, -0.2) is 9.69 Å². The van der Waals surface area contributed by atoms with E-state index in [0.29, 0.717) is 22.6 Å². The lowest BCUT2D eigenvalue weighted by molar-refractivity contribution is -0.384. The van der Waals surface area contributed by atoms with Crippen LogP contribution in [-0.4, -0.2) is 29.9 Å². The third-order valence-electron chi connectivity index (χ3n) is 5.39. The minimum atomic E-state index is -0.985. The van der Waals surface area contributed by atoms with Crippen LogP contribution >= 0.6 is 15.9 Å². The molecule has 4 rings (SSSR count). The van der Waals surface area contributed by atoms with Crippen molar-refractivity contribution in [2.24, 2.45) is 0 Å². The second-order valence-corrected chi connectivity index (χ2v) is 8.42. The number of imide groups is 2. The fraction of sp³-hybridized carbons (Fsp3) is 0.0800. The van der Waals surface area contributed by atoms with Crippen LogP contribution < -0.4 is 15.0 Å². The first-order chi connectivity index (χ1) is 16.8. The van der Waals surface area contributed by atoms with Crippen LogP contribution in [0.3, 0.4) is 0 Å². The van der Waals surface area contributed by atoms with Crippen LogP contribution in [0.5, 0.6) is 5.75 Å². The predicted molar refractivity (Wildman–Crippen MR) is 132 cm³/mol. The van der Waals surface area contributed by atoms with Crippen molar-refractivity contribution in [3.05, 3.63) is 104 Å². The Morgan fingerprint density at radius 3 is 2.51 bits per heavy atom. The molecule has 0 aromatic heterocycles. The molecule has 0 bridgehead atoms. The normalized spacial score (nSPS) is 14.7. The Kier molecular flexibility index (Phi) is 6.74. The SMILES string of the molecule is COc1ccc(/C=C2\C(=O)NC(=O)N(c3cccc([N+](=O)[O-])c3)C2=O)c(Cc2ccccc2Br)c1. The van der Waals surface area contributed by atoms with Gasteiger partial charge in [-0.2, -0.15) is 0 Å². The summed E-state index contributed by atoms with van der Waals surface area (Å²) in [6.45, 7) is 0. The van der Waals surface area contributed by atoms with E-state index in [4.69, 9.17) is 4.74 Å². The first-order valence-electron chi connectivity index (χ1n) is 10.3. The maximum absolute atomic E-state index is 13.3. The van der Waals surface area contributed by atoms with E-state index < -0.39 is 22.8 Å². The Morgan fingerprint density at radius 1 is 1.03 bits per heavy atom. The summed E-state index contributed by atoms with van der Waals surface area (Å²) in [5.41, 5.74) is 1.74. The molecule has 3 aromatic rings. The fourth-order valence-electron chi connectivity index (χ4n) is 3.64. The van der Waals surface area contributed by atoms with Crippen molar-refractivity contribution < 1.29 is 24.0 Å². The molecule has 1 heterocycles. The lowest BCUT2D eigenvalue weighted by atomic mass is 9.97. The molecule has 0 spiro atoms. The zero-order chi connectivity index (χ0) is 25.1. The summed E-state index contributed by atoms with van der Waals surface area (Å²) < 4.78 is 6.24. The molecule has 9 nitrogen and oxygen atoms in total. The molecule has 0 radical (unpaired) electrons. The number of methoxy groups -OCH3 is 1. The molecule has 1 N–H and O–H groups in total. The van der Waals surface area contributed by atoms with Crippen LogP contribution in [-0.2, 0) is 16.0 Å². The van der Waals surface area contributed by atoms with Crippen molar-refractivity contribution in [2.75, 3.05) is 12.0 Å². The van der Waals surface area contributed by atoms with Gasteiger partial charge in [0.15, 0.2) is 0 Å². The van der Waals surface area contributed by atoms with Crippen LogP contribution in [0, 0.1) is 10.1 Å². The number of carbonyl (C=O) groups excluding carboxylic acids is 3. The van der Waals surface area contributed by atoms with E-state index in [9.17, 15) is 24.5 Å². The summed E-state index contributed by atoms with van der Waals surface area (Å²) in [5, 5.41) is 13.3. The summed E-state index contributed by atoms with van der Waals surface area (Å²) >= 11 is 3.53. The van der Waals surface area contributed by atoms with Gasteiger partial charge in [-0.15, -0.1) is 0 Å². The summed E-state index contributed by atoms with van der Waals surface area (Å²) in [6.07, 6.45) is 1.88. The third-order valence-corrected chi connectivity index (χ3v) is 6.16. The van der Waals surface area contributed by atoms with Gasteiger partial charge in [-0.05, 0) is 53.5 Å². The number of hydrogen-bond acceptors (Lipinski definition) is 6. The zero-order valence-corrected chi connectivity index (χ0v) is 19.9. The maximum Gasteiger partial charge on any atom is 0.335 e. The number of urea groups is 1. The largest absolute Gasteiger partial charge is 0.497 e. The van der Waals surface area contributed by atoms with Gasteiger partial charge in [-0.3, -0.25) is 25.0 Å². The molecule has 4 amide bonds. The molecular weight excluding hydrogens is 518 g/mol. The Hall–Kier alpha value is -4.31. The monoisotopic (exact) mass is 535 g/mol. The number of nitro groups is 1. The van der Waals surface area contributed by atoms with Gasteiger partial charge in [-0.1, -0.05) is 46.3 Å². The van der Waals surface area contributed by atoms with Crippen molar-refractivity contribution >= 4 is 51.2 Å².